The zero-order chi connectivity index (χ0) is 19.8. The van der Waals surface area contributed by atoms with E-state index in [-0.39, 0.29) is 11.5 Å². The van der Waals surface area contributed by atoms with E-state index in [4.69, 9.17) is 21.7 Å². The van der Waals surface area contributed by atoms with Crippen molar-refractivity contribution in [2.24, 2.45) is 0 Å². The number of para-hydroxylation sites is 1. The molecular weight excluding hydrogens is 398 g/mol. The first kappa shape index (κ1) is 18.2. The van der Waals surface area contributed by atoms with E-state index in [1.165, 1.54) is 14.2 Å². The highest BCUT2D eigenvalue weighted by Crippen LogP contribution is 2.30. The Bertz CT molecular complexity index is 1340. The van der Waals surface area contributed by atoms with Gasteiger partial charge >= 0.3 is 0 Å². The number of ether oxygens (including phenoxy) is 2. The van der Waals surface area contributed by atoms with Gasteiger partial charge in [0.1, 0.15) is 10.5 Å². The second-order valence-corrected chi connectivity index (χ2v) is 7.52. The van der Waals surface area contributed by atoms with Crippen molar-refractivity contribution in [3.63, 3.8) is 0 Å². The molecule has 2 aromatic carbocycles. The van der Waals surface area contributed by atoms with Crippen molar-refractivity contribution in [3.8, 4) is 11.5 Å². The molecule has 2 aromatic heterocycles. The number of nitrogens with one attached hydrogen (secondary N) is 2. The summed E-state index contributed by atoms with van der Waals surface area (Å²) in [4.78, 5) is 28.4. The van der Waals surface area contributed by atoms with Gasteiger partial charge in [-0.05, 0) is 36.5 Å². The molecule has 2 N–H and O–H groups in total. The number of H-pyrrole nitrogens is 1. The second-order valence-electron chi connectivity index (χ2n) is 5.88. The third-order valence-corrected chi connectivity index (χ3v) is 5.65. The fraction of sp³-hybridized carbons (Fsp3) is 0.105. The zero-order valence-corrected chi connectivity index (χ0v) is 16.6. The first-order valence-corrected chi connectivity index (χ1v) is 9.46. The molecule has 4 aromatic rings. The van der Waals surface area contributed by atoms with Crippen LogP contribution in [0.25, 0.3) is 16.6 Å². The number of nitrogens with zero attached hydrogens (tertiary/aromatic N) is 1. The van der Waals surface area contributed by atoms with Crippen molar-refractivity contribution in [2.75, 3.05) is 19.5 Å². The van der Waals surface area contributed by atoms with E-state index in [9.17, 15) is 9.59 Å². The summed E-state index contributed by atoms with van der Waals surface area (Å²) < 4.78 is 12.6. The van der Waals surface area contributed by atoms with Gasteiger partial charge in [-0.2, -0.15) is 0 Å². The summed E-state index contributed by atoms with van der Waals surface area (Å²) in [6.45, 7) is 0. The molecule has 142 valence electrons. The fourth-order valence-electron chi connectivity index (χ4n) is 3.00. The molecule has 0 fully saturated rings. The smallest absolute Gasteiger partial charge is 0.269 e. The minimum absolute atomic E-state index is 0.274. The average Bonchev–Trinajstić information content (AvgIpc) is 3.04. The quantitative estimate of drug-likeness (QED) is 0.497. The first-order chi connectivity index (χ1) is 13.5. The number of hydrogen-bond acceptors (Lipinski definition) is 6. The van der Waals surface area contributed by atoms with Crippen LogP contribution in [0.1, 0.15) is 9.67 Å². The van der Waals surface area contributed by atoms with Crippen molar-refractivity contribution in [1.29, 1.82) is 0 Å². The average molecular weight is 413 g/mol. The lowest BCUT2D eigenvalue weighted by Crippen LogP contribution is -2.15. The molecule has 7 nitrogen and oxygen atoms in total. The van der Waals surface area contributed by atoms with E-state index in [2.05, 4.69) is 10.3 Å². The van der Waals surface area contributed by atoms with Gasteiger partial charge in [0.15, 0.2) is 15.5 Å². The monoisotopic (exact) mass is 413 g/mol. The fourth-order valence-corrected chi connectivity index (χ4v) is 4.27. The minimum Gasteiger partial charge on any atom is -0.493 e. The van der Waals surface area contributed by atoms with Gasteiger partial charge < -0.3 is 19.8 Å². The van der Waals surface area contributed by atoms with E-state index < -0.39 is 0 Å². The molecule has 0 radical (unpaired) electrons. The predicted octanol–water partition coefficient (Wildman–Crippen LogP) is 3.84. The lowest BCUT2D eigenvalue weighted by Gasteiger charge is -2.10. The van der Waals surface area contributed by atoms with Crippen LogP contribution in [0.3, 0.4) is 0 Å². The van der Waals surface area contributed by atoms with Gasteiger partial charge in [-0.15, -0.1) is 0 Å². The molecule has 0 spiro atoms. The van der Waals surface area contributed by atoms with Crippen LogP contribution in [0.15, 0.2) is 47.3 Å². The Morgan fingerprint density at radius 1 is 1.14 bits per heavy atom. The normalized spacial score (nSPS) is 10.9. The molecule has 0 atom stereocenters. The maximum Gasteiger partial charge on any atom is 0.269 e. The molecule has 0 saturated heterocycles. The number of aromatic nitrogens is 2. The number of carbonyl (C=O) groups is 1. The van der Waals surface area contributed by atoms with Crippen molar-refractivity contribution >= 4 is 51.7 Å². The molecule has 0 aliphatic carbocycles. The highest BCUT2D eigenvalue weighted by molar-refractivity contribution is 7.73. The Morgan fingerprint density at radius 3 is 2.64 bits per heavy atom. The van der Waals surface area contributed by atoms with Gasteiger partial charge in [0.2, 0.25) is 0 Å². The van der Waals surface area contributed by atoms with Crippen molar-refractivity contribution in [3.05, 3.63) is 61.6 Å². The Labute approximate surface area is 168 Å². The molecule has 0 unspecified atom stereocenters. The molecule has 0 bridgehead atoms. The maximum atomic E-state index is 12.9. The zero-order valence-electron chi connectivity index (χ0n) is 14.9. The number of amides is 1. The van der Waals surface area contributed by atoms with Gasteiger partial charge in [-0.3, -0.25) is 14.0 Å². The Kier molecular flexibility index (Phi) is 4.62. The number of fused-ring (bicyclic) bond motifs is 3. The van der Waals surface area contributed by atoms with E-state index in [0.29, 0.717) is 42.6 Å². The minimum atomic E-state index is -0.378. The number of carbonyl (C=O) groups excluding carboxylic acids is 1. The van der Waals surface area contributed by atoms with Gasteiger partial charge in [0.25, 0.3) is 11.5 Å². The third kappa shape index (κ3) is 2.94. The van der Waals surface area contributed by atoms with Crippen molar-refractivity contribution < 1.29 is 14.3 Å². The number of rotatable bonds is 4. The predicted molar refractivity (Wildman–Crippen MR) is 112 cm³/mol. The summed E-state index contributed by atoms with van der Waals surface area (Å²) in [5.41, 5.74) is 1.29. The number of anilines is 1. The van der Waals surface area contributed by atoms with E-state index >= 15 is 0 Å². The molecular formula is C19H15N3O4S2. The van der Waals surface area contributed by atoms with Gasteiger partial charge in [0, 0.05) is 11.8 Å². The summed E-state index contributed by atoms with van der Waals surface area (Å²) in [7, 11) is 3.06. The lowest BCUT2D eigenvalue weighted by atomic mass is 10.2. The van der Waals surface area contributed by atoms with E-state index in [1.54, 1.807) is 40.8 Å². The highest BCUT2D eigenvalue weighted by Gasteiger charge is 2.18. The summed E-state index contributed by atoms with van der Waals surface area (Å²) in [5, 5.41) is 3.32. The standard InChI is InChI=1S/C19H15N3O4S2/c1-25-13-8-7-10(9-14(13)26-2)20-18(24)15-16-21-17(23)11-5-3-4-6-12(11)22(16)19(27)28-15/h3-9H,1-2H3,(H,20,24)(H,21,23). The van der Waals surface area contributed by atoms with Crippen LogP contribution >= 0.6 is 23.6 Å². The van der Waals surface area contributed by atoms with Gasteiger partial charge in [-0.1, -0.05) is 23.5 Å². The van der Waals surface area contributed by atoms with Crippen molar-refractivity contribution in [1.82, 2.24) is 9.38 Å². The Balaban J connectivity index is 1.81. The number of aromatic amines is 1. The van der Waals surface area contributed by atoms with Crippen LogP contribution in [0.5, 0.6) is 11.5 Å². The molecule has 1 amide bonds. The van der Waals surface area contributed by atoms with Crippen LogP contribution in [-0.2, 0) is 0 Å². The van der Waals surface area contributed by atoms with Crippen molar-refractivity contribution in [2.45, 2.75) is 0 Å². The SMILES string of the molecule is COc1ccc(NC(=O)c2sc(=S)n3c2[nH]c(=O)c2ccccc23)cc1OC. The Morgan fingerprint density at radius 2 is 1.89 bits per heavy atom. The van der Waals surface area contributed by atoms with E-state index in [0.717, 1.165) is 11.3 Å². The molecule has 0 aliphatic heterocycles. The maximum absolute atomic E-state index is 12.9. The molecule has 2 heterocycles. The summed E-state index contributed by atoms with van der Waals surface area (Å²) in [5.74, 6) is 0.673. The molecule has 28 heavy (non-hydrogen) atoms. The number of thiazole rings is 1. The Hall–Kier alpha value is -3.17. The molecule has 0 aliphatic rings. The summed E-state index contributed by atoms with van der Waals surface area (Å²) in [6, 6.07) is 12.2. The first-order valence-electron chi connectivity index (χ1n) is 8.23. The van der Waals surface area contributed by atoms with Crippen LogP contribution in [-0.4, -0.2) is 29.5 Å². The number of methoxy groups -OCH3 is 2. The third-order valence-electron chi connectivity index (χ3n) is 4.28. The van der Waals surface area contributed by atoms with Crippen LogP contribution < -0.4 is 20.3 Å². The van der Waals surface area contributed by atoms with Gasteiger partial charge in [-0.25, -0.2) is 0 Å². The van der Waals surface area contributed by atoms with Crippen LogP contribution in [0, 0.1) is 3.95 Å². The van der Waals surface area contributed by atoms with Crippen LogP contribution in [0.4, 0.5) is 5.69 Å². The second kappa shape index (κ2) is 7.10. The number of hydrogen-bond donors (Lipinski definition) is 2. The lowest BCUT2D eigenvalue weighted by molar-refractivity contribution is 0.103. The summed E-state index contributed by atoms with van der Waals surface area (Å²) >= 11 is 6.58. The van der Waals surface area contributed by atoms with Gasteiger partial charge in [0.05, 0.1) is 25.1 Å². The molecule has 9 heteroatoms. The molecule has 4 rings (SSSR count). The molecule has 0 saturated carbocycles. The summed E-state index contributed by atoms with van der Waals surface area (Å²) in [6.07, 6.45) is 0. The number of benzene rings is 2. The van der Waals surface area contributed by atoms with Crippen LogP contribution in [0.2, 0.25) is 0 Å². The largest absolute Gasteiger partial charge is 0.493 e. The van der Waals surface area contributed by atoms with E-state index in [1.807, 2.05) is 6.07 Å². The topological polar surface area (TPSA) is 84.8 Å². The highest BCUT2D eigenvalue weighted by atomic mass is 32.1.